The van der Waals surface area contributed by atoms with Gasteiger partial charge in [-0.05, 0) is 72.8 Å². The van der Waals surface area contributed by atoms with Gasteiger partial charge in [0.1, 0.15) is 11.5 Å². The summed E-state index contributed by atoms with van der Waals surface area (Å²) in [4.78, 5) is 0. The fourth-order valence-corrected chi connectivity index (χ4v) is 4.86. The van der Waals surface area contributed by atoms with Gasteiger partial charge in [0, 0.05) is 16.1 Å². The number of halogens is 14. The average Bonchev–Trinajstić information content (AvgIpc) is 2.99. The summed E-state index contributed by atoms with van der Waals surface area (Å²) in [7, 11) is -11.7. The molecule has 0 bridgehead atoms. The van der Waals surface area contributed by atoms with Gasteiger partial charge in [0.2, 0.25) is 0 Å². The number of sulfonamides is 2. The van der Waals surface area contributed by atoms with Gasteiger partial charge < -0.3 is 9.47 Å². The molecule has 0 aliphatic rings. The molecule has 0 aliphatic carbocycles. The number of hydrogen-bond donors (Lipinski definition) is 2. The van der Waals surface area contributed by atoms with Crippen LogP contribution in [-0.2, 0) is 32.4 Å². The first-order valence-electron chi connectivity index (χ1n) is 13.1. The molecule has 284 valence electrons. The molecule has 52 heavy (non-hydrogen) atoms. The number of nitrogens with one attached hydrogen (secondary N) is 2. The lowest BCUT2D eigenvalue weighted by Gasteiger charge is -2.17. The molecule has 0 heterocycles. The van der Waals surface area contributed by atoms with E-state index in [2.05, 4.69) is 0 Å². The highest BCUT2D eigenvalue weighted by Crippen LogP contribution is 2.40. The molecule has 0 saturated heterocycles. The normalized spacial score (nSPS) is 12.7. The van der Waals surface area contributed by atoms with Crippen LogP contribution < -0.4 is 18.9 Å². The average molecular weight is 839 g/mol. The second kappa shape index (κ2) is 15.4. The first kappa shape index (κ1) is 42.1. The molecule has 0 aliphatic heterocycles. The van der Waals surface area contributed by atoms with Gasteiger partial charge in [0.25, 0.3) is 0 Å². The second-order valence-electron chi connectivity index (χ2n) is 9.64. The lowest BCUT2D eigenvalue weighted by Crippen LogP contribution is -2.30. The number of benzene rings is 4. The smallest absolute Gasteiger partial charge is 0.455 e. The third-order valence-corrected chi connectivity index (χ3v) is 8.46. The Balaban J connectivity index is 0.000000288. The van der Waals surface area contributed by atoms with Gasteiger partial charge >= 0.3 is 43.4 Å². The van der Waals surface area contributed by atoms with Crippen molar-refractivity contribution in [3.63, 3.8) is 0 Å². The Bertz CT molecular complexity index is 2110. The van der Waals surface area contributed by atoms with Gasteiger partial charge in [-0.1, -0.05) is 29.3 Å². The van der Waals surface area contributed by atoms with Crippen molar-refractivity contribution in [1.29, 1.82) is 0 Å². The van der Waals surface area contributed by atoms with E-state index in [-0.39, 0.29) is 22.6 Å². The summed E-state index contributed by atoms with van der Waals surface area (Å²) in [5.41, 5.74) is -15.7. The molecule has 0 saturated carbocycles. The van der Waals surface area contributed by atoms with Crippen LogP contribution in [0.25, 0.3) is 0 Å². The van der Waals surface area contributed by atoms with Crippen LogP contribution in [0.2, 0.25) is 10.0 Å². The fraction of sp³-hybridized carbons (Fsp3) is 0.143. The van der Waals surface area contributed by atoms with E-state index in [4.69, 9.17) is 32.7 Å². The summed E-state index contributed by atoms with van der Waals surface area (Å²) in [6.45, 7) is 0. The van der Waals surface area contributed by atoms with Gasteiger partial charge in [0.05, 0.1) is 22.5 Å². The first-order chi connectivity index (χ1) is 23.6. The van der Waals surface area contributed by atoms with E-state index >= 15 is 0 Å². The first-order valence-corrected chi connectivity index (χ1v) is 16.8. The largest absolute Gasteiger partial charge is 0.516 e. The molecule has 0 amide bonds. The second-order valence-corrected chi connectivity index (χ2v) is 13.9. The third kappa shape index (κ3) is 11.4. The molecule has 0 spiro atoms. The summed E-state index contributed by atoms with van der Waals surface area (Å²) in [6.07, 6.45) is -9.85. The molecular formula is C28H16Cl2F12N2O6S2. The number of alkyl halides is 12. The molecule has 8 nitrogen and oxygen atoms in total. The van der Waals surface area contributed by atoms with Crippen molar-refractivity contribution in [3.8, 4) is 23.0 Å². The summed E-state index contributed by atoms with van der Waals surface area (Å²) >= 11 is 11.5. The Morgan fingerprint density at radius 2 is 0.962 bits per heavy atom. The lowest BCUT2D eigenvalue weighted by atomic mass is 10.1. The summed E-state index contributed by atoms with van der Waals surface area (Å²) in [5.74, 6) is -1.44. The molecule has 4 rings (SSSR count). The van der Waals surface area contributed by atoms with Crippen molar-refractivity contribution >= 4 is 54.6 Å². The molecular weight excluding hydrogens is 823 g/mol. The van der Waals surface area contributed by atoms with Gasteiger partial charge in [-0.15, -0.1) is 0 Å². The highest BCUT2D eigenvalue weighted by Gasteiger charge is 2.47. The maximum Gasteiger partial charge on any atom is 0.516 e. The minimum Gasteiger partial charge on any atom is -0.455 e. The highest BCUT2D eigenvalue weighted by molar-refractivity contribution is 7.93. The Morgan fingerprint density at radius 1 is 0.481 bits per heavy atom. The van der Waals surface area contributed by atoms with Crippen molar-refractivity contribution in [3.05, 3.63) is 106 Å². The zero-order valence-electron chi connectivity index (χ0n) is 24.6. The summed E-state index contributed by atoms with van der Waals surface area (Å²) in [5, 5.41) is 0.588. The van der Waals surface area contributed by atoms with E-state index in [0.717, 1.165) is 22.9 Å². The van der Waals surface area contributed by atoms with Crippen molar-refractivity contribution < 1.29 is 79.0 Å². The van der Waals surface area contributed by atoms with Gasteiger partial charge in [-0.25, -0.2) is 0 Å². The van der Waals surface area contributed by atoms with E-state index in [0.29, 0.717) is 29.3 Å². The monoisotopic (exact) mass is 838 g/mol. The fourth-order valence-electron chi connectivity index (χ4n) is 3.44. The van der Waals surface area contributed by atoms with Crippen LogP contribution in [0.5, 0.6) is 23.0 Å². The van der Waals surface area contributed by atoms with Crippen LogP contribution in [0.15, 0.2) is 84.9 Å². The SMILES string of the molecule is O=S(=O)(Nc1cc(C(F)(F)F)ccc1Oc1cccc(C(F)(F)F)c1)C(F)(F)F.O=S(=O)(Nc1ccc(Cl)cc1Oc1ccc(Cl)cc1)C(F)(F)F. The van der Waals surface area contributed by atoms with Gasteiger partial charge in [0.15, 0.2) is 11.5 Å². The van der Waals surface area contributed by atoms with Crippen LogP contribution in [0.3, 0.4) is 0 Å². The predicted molar refractivity (Wildman–Crippen MR) is 163 cm³/mol. The molecule has 0 aromatic heterocycles. The summed E-state index contributed by atoms with van der Waals surface area (Å²) < 4.78 is 209. The van der Waals surface area contributed by atoms with Crippen molar-refractivity contribution in [2.45, 2.75) is 23.4 Å². The van der Waals surface area contributed by atoms with Crippen LogP contribution in [0.1, 0.15) is 11.1 Å². The molecule has 4 aromatic carbocycles. The minimum absolute atomic E-state index is 0.0201. The van der Waals surface area contributed by atoms with Gasteiger partial charge in [-0.3, -0.25) is 9.44 Å². The summed E-state index contributed by atoms with van der Waals surface area (Å²) in [6, 6.07) is 13.1. The molecule has 24 heteroatoms. The zero-order chi connectivity index (χ0) is 39.5. The number of hydrogen-bond acceptors (Lipinski definition) is 6. The number of rotatable bonds is 8. The molecule has 0 unspecified atom stereocenters. The van der Waals surface area contributed by atoms with Crippen molar-refractivity contribution in [2.75, 3.05) is 9.44 Å². The zero-order valence-corrected chi connectivity index (χ0v) is 27.8. The maximum atomic E-state index is 12.8. The van der Waals surface area contributed by atoms with Gasteiger partial charge in [-0.2, -0.15) is 69.5 Å². The Kier molecular flexibility index (Phi) is 12.5. The topological polar surface area (TPSA) is 111 Å². The van der Waals surface area contributed by atoms with Crippen LogP contribution in [0, 0.1) is 0 Å². The van der Waals surface area contributed by atoms with Crippen molar-refractivity contribution in [2.24, 2.45) is 0 Å². The van der Waals surface area contributed by atoms with Crippen LogP contribution >= 0.6 is 23.2 Å². The number of anilines is 2. The van der Waals surface area contributed by atoms with E-state index < -0.39 is 77.4 Å². The molecule has 4 aromatic rings. The Labute approximate surface area is 295 Å². The standard InChI is InChI=1S/C15H8F9NO3S.C13H8Cl2F3NO3S/c16-13(17,18)8-2-1-3-10(6-8)28-12-5-4-9(14(19,20)21)7-11(12)25-29(26,27)15(22,23)24;14-8-1-4-10(5-2-8)22-12-7-9(15)3-6-11(12)19-23(20,21)13(16,17)18/h1-7,25H;1-7,19H. The minimum atomic E-state index is -6.14. The van der Waals surface area contributed by atoms with Crippen LogP contribution in [-0.4, -0.2) is 27.9 Å². The Morgan fingerprint density at radius 3 is 1.48 bits per heavy atom. The molecule has 2 N–H and O–H groups in total. The molecule has 0 radical (unpaired) electrons. The maximum absolute atomic E-state index is 12.8. The van der Waals surface area contributed by atoms with Crippen LogP contribution in [0.4, 0.5) is 64.1 Å². The van der Waals surface area contributed by atoms with Crippen molar-refractivity contribution in [1.82, 2.24) is 0 Å². The quantitative estimate of drug-likeness (QED) is 0.171. The predicted octanol–water partition coefficient (Wildman–Crippen LogP) is 10.8. The molecule has 0 fully saturated rings. The van der Waals surface area contributed by atoms with E-state index in [1.54, 1.807) is 0 Å². The van der Waals surface area contributed by atoms with E-state index in [1.807, 2.05) is 0 Å². The highest BCUT2D eigenvalue weighted by atomic mass is 35.5. The third-order valence-electron chi connectivity index (χ3n) is 5.78. The Hall–Kier alpha value is -4.28. The number of ether oxygens (including phenoxy) is 2. The molecule has 0 atom stereocenters. The van der Waals surface area contributed by atoms with E-state index in [9.17, 15) is 69.5 Å². The lowest BCUT2D eigenvalue weighted by molar-refractivity contribution is -0.138. The van der Waals surface area contributed by atoms with E-state index in [1.165, 1.54) is 41.1 Å².